The zero-order valence-electron chi connectivity index (χ0n) is 7.86. The van der Waals surface area contributed by atoms with Gasteiger partial charge in [-0.25, -0.2) is 4.98 Å². The summed E-state index contributed by atoms with van der Waals surface area (Å²) in [7, 11) is 2.03. The van der Waals surface area contributed by atoms with E-state index in [1.807, 2.05) is 7.05 Å². The number of rotatable bonds is 2. The van der Waals surface area contributed by atoms with Crippen LogP contribution in [0.3, 0.4) is 0 Å². The molecule has 0 radical (unpaired) electrons. The van der Waals surface area contributed by atoms with Gasteiger partial charge in [-0.2, -0.15) is 0 Å². The van der Waals surface area contributed by atoms with Gasteiger partial charge in [-0.05, 0) is 19.4 Å². The molecule has 1 fully saturated rings. The Bertz CT molecular complexity index is 241. The van der Waals surface area contributed by atoms with Gasteiger partial charge in [0.1, 0.15) is 6.26 Å². The predicted octanol–water partition coefficient (Wildman–Crippen LogP) is 0.863. The zero-order valence-corrected chi connectivity index (χ0v) is 7.86. The third kappa shape index (κ3) is 1.83. The second kappa shape index (κ2) is 3.79. The number of piperidine rings is 1. The highest BCUT2D eigenvalue weighted by molar-refractivity contribution is 5.25. The fourth-order valence-corrected chi connectivity index (χ4v) is 1.71. The number of nitrogens with zero attached hydrogens (tertiary/aromatic N) is 2. The van der Waals surface area contributed by atoms with Crippen molar-refractivity contribution in [2.75, 3.05) is 25.0 Å². The first-order valence-corrected chi connectivity index (χ1v) is 4.71. The quantitative estimate of drug-likeness (QED) is 0.734. The number of oxazole rings is 1. The smallest absolute Gasteiger partial charge is 0.297 e. The van der Waals surface area contributed by atoms with Crippen molar-refractivity contribution >= 4 is 6.01 Å². The van der Waals surface area contributed by atoms with Crippen LogP contribution in [0.4, 0.5) is 6.01 Å². The molecule has 2 heterocycles. The Morgan fingerprint density at radius 2 is 2.62 bits per heavy atom. The number of nitrogens with one attached hydrogen (secondary N) is 1. The van der Waals surface area contributed by atoms with Gasteiger partial charge in [0.2, 0.25) is 0 Å². The Morgan fingerprint density at radius 3 is 3.23 bits per heavy atom. The number of aromatic nitrogens is 1. The van der Waals surface area contributed by atoms with Crippen LogP contribution in [0.15, 0.2) is 16.9 Å². The van der Waals surface area contributed by atoms with Crippen LogP contribution in [0.2, 0.25) is 0 Å². The fourth-order valence-electron chi connectivity index (χ4n) is 1.71. The summed E-state index contributed by atoms with van der Waals surface area (Å²) in [4.78, 5) is 6.23. The van der Waals surface area contributed by atoms with Crippen molar-refractivity contribution < 1.29 is 4.42 Å². The Kier molecular flexibility index (Phi) is 2.49. The first kappa shape index (κ1) is 8.56. The van der Waals surface area contributed by atoms with Crippen molar-refractivity contribution in [1.82, 2.24) is 10.3 Å². The monoisotopic (exact) mass is 181 g/mol. The van der Waals surface area contributed by atoms with Crippen LogP contribution in [-0.2, 0) is 0 Å². The molecule has 1 aliphatic rings. The van der Waals surface area contributed by atoms with Crippen LogP contribution in [0.1, 0.15) is 12.8 Å². The summed E-state index contributed by atoms with van der Waals surface area (Å²) < 4.78 is 5.24. The third-order valence-electron chi connectivity index (χ3n) is 2.54. The summed E-state index contributed by atoms with van der Waals surface area (Å²) in [6.07, 6.45) is 5.74. The second-order valence-corrected chi connectivity index (χ2v) is 3.43. The van der Waals surface area contributed by atoms with Crippen molar-refractivity contribution in [3.8, 4) is 0 Å². The summed E-state index contributed by atoms with van der Waals surface area (Å²) in [5.41, 5.74) is 0. The zero-order chi connectivity index (χ0) is 9.10. The first-order valence-electron chi connectivity index (χ1n) is 4.71. The highest BCUT2D eigenvalue weighted by Gasteiger charge is 2.20. The average Bonchev–Trinajstić information content (AvgIpc) is 2.71. The van der Waals surface area contributed by atoms with E-state index in [1.165, 1.54) is 12.8 Å². The molecule has 0 spiro atoms. The van der Waals surface area contributed by atoms with Gasteiger partial charge < -0.3 is 14.6 Å². The lowest BCUT2D eigenvalue weighted by Gasteiger charge is -2.30. The maximum absolute atomic E-state index is 5.24. The SMILES string of the molecule is CN(c1ncco1)C1CCCNC1. The lowest BCUT2D eigenvalue weighted by Crippen LogP contribution is -2.44. The van der Waals surface area contributed by atoms with Crippen molar-refractivity contribution in [2.24, 2.45) is 0 Å². The minimum atomic E-state index is 0.521. The molecule has 1 N–H and O–H groups in total. The lowest BCUT2D eigenvalue weighted by atomic mass is 10.1. The van der Waals surface area contributed by atoms with Gasteiger partial charge in [-0.1, -0.05) is 0 Å². The molecule has 0 amide bonds. The highest BCUT2D eigenvalue weighted by atomic mass is 16.4. The van der Waals surface area contributed by atoms with Crippen LogP contribution in [0.25, 0.3) is 0 Å². The Hall–Kier alpha value is -1.03. The molecular weight excluding hydrogens is 166 g/mol. The number of anilines is 1. The van der Waals surface area contributed by atoms with Gasteiger partial charge in [0.05, 0.1) is 6.20 Å². The van der Waals surface area contributed by atoms with Gasteiger partial charge in [0, 0.05) is 19.6 Å². The van der Waals surface area contributed by atoms with Crippen LogP contribution in [0, 0.1) is 0 Å². The van der Waals surface area contributed by atoms with E-state index >= 15 is 0 Å². The maximum Gasteiger partial charge on any atom is 0.297 e. The van der Waals surface area contributed by atoms with Gasteiger partial charge in [0.15, 0.2) is 0 Å². The third-order valence-corrected chi connectivity index (χ3v) is 2.54. The predicted molar refractivity (Wildman–Crippen MR) is 50.8 cm³/mol. The van der Waals surface area contributed by atoms with Crippen molar-refractivity contribution in [3.63, 3.8) is 0 Å². The maximum atomic E-state index is 5.24. The summed E-state index contributed by atoms with van der Waals surface area (Å²) in [5, 5.41) is 3.37. The van der Waals surface area contributed by atoms with E-state index in [4.69, 9.17) is 4.42 Å². The van der Waals surface area contributed by atoms with E-state index in [-0.39, 0.29) is 0 Å². The molecule has 0 aliphatic carbocycles. The van der Waals surface area contributed by atoms with E-state index in [1.54, 1.807) is 12.5 Å². The molecule has 0 saturated carbocycles. The molecule has 2 rings (SSSR count). The van der Waals surface area contributed by atoms with E-state index in [0.29, 0.717) is 12.1 Å². The highest BCUT2D eigenvalue weighted by Crippen LogP contribution is 2.15. The molecule has 1 saturated heterocycles. The van der Waals surface area contributed by atoms with Gasteiger partial charge in [-0.15, -0.1) is 0 Å². The molecule has 0 aromatic carbocycles. The fraction of sp³-hybridized carbons (Fsp3) is 0.667. The lowest BCUT2D eigenvalue weighted by molar-refractivity contribution is 0.420. The second-order valence-electron chi connectivity index (χ2n) is 3.43. The molecule has 1 aromatic heterocycles. The Balaban J connectivity index is 1.99. The van der Waals surface area contributed by atoms with Crippen molar-refractivity contribution in [3.05, 3.63) is 12.5 Å². The minimum absolute atomic E-state index is 0.521. The van der Waals surface area contributed by atoms with Gasteiger partial charge in [-0.3, -0.25) is 0 Å². The van der Waals surface area contributed by atoms with Crippen LogP contribution in [-0.4, -0.2) is 31.2 Å². The molecule has 0 bridgehead atoms. The largest absolute Gasteiger partial charge is 0.432 e. The minimum Gasteiger partial charge on any atom is -0.432 e. The number of likely N-dealkylation sites (N-methyl/N-ethyl adjacent to an activating group) is 1. The van der Waals surface area contributed by atoms with Crippen LogP contribution >= 0.6 is 0 Å². The van der Waals surface area contributed by atoms with Crippen LogP contribution < -0.4 is 10.2 Å². The summed E-state index contributed by atoms with van der Waals surface area (Å²) in [5.74, 6) is 0. The Morgan fingerprint density at radius 1 is 1.69 bits per heavy atom. The Labute approximate surface area is 77.9 Å². The summed E-state index contributed by atoms with van der Waals surface area (Å²) in [6.45, 7) is 2.16. The topological polar surface area (TPSA) is 41.3 Å². The average molecular weight is 181 g/mol. The molecule has 1 aliphatic heterocycles. The number of hydrogen-bond acceptors (Lipinski definition) is 4. The van der Waals surface area contributed by atoms with E-state index in [9.17, 15) is 0 Å². The molecule has 4 heteroatoms. The van der Waals surface area contributed by atoms with Gasteiger partial charge >= 0.3 is 0 Å². The van der Waals surface area contributed by atoms with E-state index in [0.717, 1.165) is 13.1 Å². The molecule has 4 nitrogen and oxygen atoms in total. The summed E-state index contributed by atoms with van der Waals surface area (Å²) in [6, 6.07) is 1.24. The molecule has 13 heavy (non-hydrogen) atoms. The molecular formula is C9H15N3O. The molecule has 1 atom stereocenters. The standard InChI is InChI=1S/C9H15N3O/c1-12(9-11-5-6-13-9)8-3-2-4-10-7-8/h5-6,8,10H,2-4,7H2,1H3. The van der Waals surface area contributed by atoms with Crippen LogP contribution in [0.5, 0.6) is 0 Å². The molecule has 1 aromatic rings. The van der Waals surface area contributed by atoms with Crippen molar-refractivity contribution in [1.29, 1.82) is 0 Å². The first-order chi connectivity index (χ1) is 6.38. The molecule has 72 valence electrons. The number of hydrogen-bond donors (Lipinski definition) is 1. The van der Waals surface area contributed by atoms with E-state index < -0.39 is 0 Å². The van der Waals surface area contributed by atoms with Gasteiger partial charge in [0.25, 0.3) is 6.01 Å². The molecule has 1 unspecified atom stereocenters. The normalized spacial score (nSPS) is 23.0. The van der Waals surface area contributed by atoms with Crippen molar-refractivity contribution in [2.45, 2.75) is 18.9 Å². The van der Waals surface area contributed by atoms with E-state index in [2.05, 4.69) is 15.2 Å². The summed E-state index contributed by atoms with van der Waals surface area (Å²) >= 11 is 0.